The average molecular weight is 328 g/mol. The quantitative estimate of drug-likeness (QED) is 0.808. The summed E-state index contributed by atoms with van der Waals surface area (Å²) in [4.78, 5) is 6.79. The van der Waals surface area contributed by atoms with E-state index in [2.05, 4.69) is 22.1 Å². The summed E-state index contributed by atoms with van der Waals surface area (Å²) in [6, 6.07) is 0.647. The van der Waals surface area contributed by atoms with Crippen LogP contribution in [-0.4, -0.2) is 60.2 Å². The monoisotopic (exact) mass is 328 g/mol. The molecule has 1 aliphatic carbocycles. The fourth-order valence-corrected chi connectivity index (χ4v) is 3.99. The van der Waals surface area contributed by atoms with Gasteiger partial charge >= 0.3 is 0 Å². The first-order valence-corrected chi connectivity index (χ1v) is 9.76. The highest BCUT2D eigenvalue weighted by Crippen LogP contribution is 2.28. The molecule has 1 aromatic rings. The van der Waals surface area contributed by atoms with Gasteiger partial charge in [-0.15, -0.1) is 0 Å². The number of hydrogen-bond donors (Lipinski definition) is 0. The number of aromatic nitrogens is 2. The van der Waals surface area contributed by atoms with Crippen molar-refractivity contribution in [2.24, 2.45) is 0 Å². The largest absolute Gasteiger partial charge is 0.338 e. The first kappa shape index (κ1) is 15.9. The summed E-state index contributed by atoms with van der Waals surface area (Å²) in [6.07, 6.45) is 6.58. The van der Waals surface area contributed by atoms with E-state index >= 15 is 0 Å². The van der Waals surface area contributed by atoms with E-state index in [4.69, 9.17) is 4.52 Å². The van der Waals surface area contributed by atoms with Gasteiger partial charge in [-0.3, -0.25) is 4.90 Å². The van der Waals surface area contributed by atoms with Crippen molar-refractivity contribution in [3.63, 3.8) is 0 Å². The number of rotatable bonds is 5. The van der Waals surface area contributed by atoms with E-state index in [1.807, 2.05) is 0 Å². The van der Waals surface area contributed by atoms with E-state index in [1.165, 1.54) is 29.8 Å². The molecule has 2 heterocycles. The molecule has 0 atom stereocenters. The summed E-state index contributed by atoms with van der Waals surface area (Å²) in [5.74, 6) is 1.59. The smallest absolute Gasteiger partial charge is 0.240 e. The molecule has 0 spiro atoms. The van der Waals surface area contributed by atoms with Gasteiger partial charge in [0.05, 0.1) is 12.8 Å². The number of nitrogens with zero attached hydrogens (tertiary/aromatic N) is 4. The minimum atomic E-state index is -3.09. The van der Waals surface area contributed by atoms with Gasteiger partial charge in [0.25, 0.3) is 0 Å². The van der Waals surface area contributed by atoms with Crippen molar-refractivity contribution in [1.82, 2.24) is 19.3 Å². The third kappa shape index (κ3) is 3.49. The van der Waals surface area contributed by atoms with Crippen molar-refractivity contribution in [2.75, 3.05) is 26.4 Å². The van der Waals surface area contributed by atoms with Crippen LogP contribution in [0.1, 0.15) is 49.7 Å². The van der Waals surface area contributed by atoms with E-state index in [0.717, 1.165) is 18.7 Å². The van der Waals surface area contributed by atoms with Crippen molar-refractivity contribution < 1.29 is 12.9 Å². The number of piperidine rings is 1. The van der Waals surface area contributed by atoms with Gasteiger partial charge in [0.2, 0.25) is 15.9 Å². The second-order valence-electron chi connectivity index (χ2n) is 6.48. The summed E-state index contributed by atoms with van der Waals surface area (Å²) in [6.45, 7) is 1.77. The molecular weight excluding hydrogens is 304 g/mol. The van der Waals surface area contributed by atoms with Crippen LogP contribution in [0.2, 0.25) is 0 Å². The molecule has 0 amide bonds. The van der Waals surface area contributed by atoms with Gasteiger partial charge in [0.1, 0.15) is 0 Å². The molecule has 8 heteroatoms. The molecule has 2 fully saturated rings. The first-order valence-electron chi connectivity index (χ1n) is 7.91. The highest BCUT2D eigenvalue weighted by atomic mass is 32.2. The van der Waals surface area contributed by atoms with Crippen LogP contribution in [0.4, 0.5) is 0 Å². The molecule has 1 saturated carbocycles. The standard InChI is InChI=1S/C14H24N4O3S/c1-17(12-4-3-5-12)10-13-15-14(16-21-13)11-6-8-18(9-7-11)22(2,19)20/h11-12H,3-10H2,1-2H3. The summed E-state index contributed by atoms with van der Waals surface area (Å²) < 4.78 is 29.9. The second kappa shape index (κ2) is 6.25. The number of hydrogen-bond acceptors (Lipinski definition) is 6. The van der Waals surface area contributed by atoms with Gasteiger partial charge < -0.3 is 4.52 Å². The van der Waals surface area contributed by atoms with E-state index in [-0.39, 0.29) is 5.92 Å². The molecular formula is C14H24N4O3S. The lowest BCUT2D eigenvalue weighted by Crippen LogP contribution is -2.37. The molecule has 1 saturated heterocycles. The normalized spacial score (nSPS) is 22.1. The Morgan fingerprint density at radius 3 is 2.50 bits per heavy atom. The molecule has 3 rings (SSSR count). The lowest BCUT2D eigenvalue weighted by Gasteiger charge is -2.33. The van der Waals surface area contributed by atoms with Gasteiger partial charge in [-0.05, 0) is 32.7 Å². The van der Waals surface area contributed by atoms with Crippen molar-refractivity contribution in [3.8, 4) is 0 Å². The fraction of sp³-hybridized carbons (Fsp3) is 0.857. The summed E-state index contributed by atoms with van der Waals surface area (Å²) in [5, 5.41) is 4.10. The van der Waals surface area contributed by atoms with Gasteiger partial charge in [-0.1, -0.05) is 11.6 Å². The van der Waals surface area contributed by atoms with Gasteiger partial charge in [-0.2, -0.15) is 4.98 Å². The lowest BCUT2D eigenvalue weighted by atomic mass is 9.92. The molecule has 2 aliphatic rings. The second-order valence-corrected chi connectivity index (χ2v) is 8.46. The third-order valence-corrected chi connectivity index (χ3v) is 6.16. The minimum Gasteiger partial charge on any atom is -0.338 e. The Bertz CT molecular complexity index is 603. The maximum Gasteiger partial charge on any atom is 0.240 e. The molecule has 1 aromatic heterocycles. The minimum absolute atomic E-state index is 0.199. The van der Waals surface area contributed by atoms with Crippen LogP contribution in [-0.2, 0) is 16.6 Å². The van der Waals surface area contributed by atoms with Crippen molar-refractivity contribution >= 4 is 10.0 Å². The van der Waals surface area contributed by atoms with E-state index in [9.17, 15) is 8.42 Å². The Kier molecular flexibility index (Phi) is 4.52. The Morgan fingerprint density at radius 2 is 1.95 bits per heavy atom. The van der Waals surface area contributed by atoms with Gasteiger partial charge in [-0.25, -0.2) is 12.7 Å². The molecule has 0 N–H and O–H groups in total. The van der Waals surface area contributed by atoms with Crippen LogP contribution >= 0.6 is 0 Å². The lowest BCUT2D eigenvalue weighted by molar-refractivity contribution is 0.137. The van der Waals surface area contributed by atoms with Crippen LogP contribution in [0, 0.1) is 0 Å². The first-order chi connectivity index (χ1) is 10.4. The topological polar surface area (TPSA) is 79.5 Å². The summed E-state index contributed by atoms with van der Waals surface area (Å²) in [7, 11) is -0.990. The molecule has 0 unspecified atom stereocenters. The maximum absolute atomic E-state index is 11.5. The van der Waals surface area contributed by atoms with Crippen LogP contribution in [0.25, 0.3) is 0 Å². The Hall–Kier alpha value is -0.990. The summed E-state index contributed by atoms with van der Waals surface area (Å²) >= 11 is 0. The van der Waals surface area contributed by atoms with Crippen LogP contribution in [0.15, 0.2) is 4.52 Å². The summed E-state index contributed by atoms with van der Waals surface area (Å²) in [5.41, 5.74) is 0. The molecule has 22 heavy (non-hydrogen) atoms. The molecule has 124 valence electrons. The predicted molar refractivity (Wildman–Crippen MR) is 81.8 cm³/mol. The molecule has 7 nitrogen and oxygen atoms in total. The van der Waals surface area contributed by atoms with Gasteiger partial charge in [0.15, 0.2) is 5.82 Å². The average Bonchev–Trinajstić information content (AvgIpc) is 2.84. The highest BCUT2D eigenvalue weighted by molar-refractivity contribution is 7.88. The van der Waals surface area contributed by atoms with Crippen molar-refractivity contribution in [2.45, 2.75) is 50.6 Å². The van der Waals surface area contributed by atoms with E-state index < -0.39 is 10.0 Å². The van der Waals surface area contributed by atoms with E-state index in [1.54, 1.807) is 0 Å². The van der Waals surface area contributed by atoms with Crippen LogP contribution in [0.5, 0.6) is 0 Å². The molecule has 0 radical (unpaired) electrons. The Labute approximate surface area is 131 Å². The van der Waals surface area contributed by atoms with Crippen molar-refractivity contribution in [3.05, 3.63) is 11.7 Å². The van der Waals surface area contributed by atoms with E-state index in [0.29, 0.717) is 31.6 Å². The SMILES string of the molecule is CN(Cc1nc(C2CCN(S(C)(=O)=O)CC2)no1)C1CCC1. The number of sulfonamides is 1. The van der Waals surface area contributed by atoms with Crippen LogP contribution in [0.3, 0.4) is 0 Å². The zero-order chi connectivity index (χ0) is 15.7. The van der Waals surface area contributed by atoms with Crippen molar-refractivity contribution in [1.29, 1.82) is 0 Å². The highest BCUT2D eigenvalue weighted by Gasteiger charge is 2.29. The Morgan fingerprint density at radius 1 is 1.27 bits per heavy atom. The third-order valence-electron chi connectivity index (χ3n) is 4.85. The molecule has 1 aliphatic heterocycles. The predicted octanol–water partition coefficient (Wildman–Crippen LogP) is 1.19. The maximum atomic E-state index is 11.5. The Balaban J connectivity index is 1.55. The molecule has 0 bridgehead atoms. The van der Waals surface area contributed by atoms with Gasteiger partial charge in [0, 0.05) is 25.0 Å². The zero-order valence-electron chi connectivity index (χ0n) is 13.2. The van der Waals surface area contributed by atoms with Crippen LogP contribution < -0.4 is 0 Å². The fourth-order valence-electron chi connectivity index (χ4n) is 3.11. The molecule has 0 aromatic carbocycles. The zero-order valence-corrected chi connectivity index (χ0v) is 14.0.